The van der Waals surface area contributed by atoms with Crippen molar-refractivity contribution in [3.63, 3.8) is 0 Å². The summed E-state index contributed by atoms with van der Waals surface area (Å²) in [5, 5.41) is 0. The maximum Gasteiger partial charge on any atom is 0.338 e. The standard InChI is InChI=1S/C25H22O4/c26-24(20-14-13-18-7-4-5-8-19(18)15-20)17-28-25(27)21-9-6-12-23(16-21)29-22-10-2-1-3-11-22/h1-3,6,9-16H,4-5,7-8,17H2. The summed E-state index contributed by atoms with van der Waals surface area (Å²) in [5.41, 5.74) is 3.50. The second-order valence-electron chi connectivity index (χ2n) is 7.13. The minimum Gasteiger partial charge on any atom is -0.457 e. The third-order valence-corrected chi connectivity index (χ3v) is 5.05. The molecule has 0 spiro atoms. The molecule has 146 valence electrons. The molecule has 3 aromatic rings. The molecule has 0 unspecified atom stereocenters. The van der Waals surface area contributed by atoms with Gasteiger partial charge in [-0.25, -0.2) is 4.79 Å². The van der Waals surface area contributed by atoms with Gasteiger partial charge in [0.15, 0.2) is 12.4 Å². The van der Waals surface area contributed by atoms with E-state index in [-0.39, 0.29) is 12.4 Å². The summed E-state index contributed by atoms with van der Waals surface area (Å²) in [4.78, 5) is 24.9. The number of ketones is 1. The van der Waals surface area contributed by atoms with Crippen LogP contribution in [0.15, 0.2) is 72.8 Å². The molecule has 29 heavy (non-hydrogen) atoms. The highest BCUT2D eigenvalue weighted by Crippen LogP contribution is 2.23. The Balaban J connectivity index is 1.38. The fourth-order valence-electron chi connectivity index (χ4n) is 3.52. The lowest BCUT2D eigenvalue weighted by molar-refractivity contribution is 0.0474. The maximum atomic E-state index is 12.5. The molecule has 0 atom stereocenters. The molecule has 0 bridgehead atoms. The Morgan fingerprint density at radius 2 is 1.48 bits per heavy atom. The van der Waals surface area contributed by atoms with Crippen molar-refractivity contribution in [3.05, 3.63) is 95.1 Å². The van der Waals surface area contributed by atoms with Crippen LogP contribution in [-0.2, 0) is 17.6 Å². The number of hydrogen-bond acceptors (Lipinski definition) is 4. The molecule has 0 fully saturated rings. The van der Waals surface area contributed by atoms with E-state index < -0.39 is 5.97 Å². The van der Waals surface area contributed by atoms with Crippen molar-refractivity contribution >= 4 is 11.8 Å². The first-order chi connectivity index (χ1) is 14.2. The molecule has 4 heteroatoms. The normalized spacial score (nSPS) is 12.7. The van der Waals surface area contributed by atoms with Gasteiger partial charge in [0.25, 0.3) is 0 Å². The van der Waals surface area contributed by atoms with Crippen LogP contribution in [0.4, 0.5) is 0 Å². The molecule has 1 aliphatic carbocycles. The Kier molecular flexibility index (Phi) is 5.71. The van der Waals surface area contributed by atoms with Gasteiger partial charge in [-0.15, -0.1) is 0 Å². The molecule has 3 aromatic carbocycles. The first kappa shape index (κ1) is 18.9. The minimum atomic E-state index is -0.546. The van der Waals surface area contributed by atoms with Crippen molar-refractivity contribution < 1.29 is 19.1 Å². The number of aryl methyl sites for hydroxylation is 2. The van der Waals surface area contributed by atoms with E-state index in [0.29, 0.717) is 22.6 Å². The van der Waals surface area contributed by atoms with Gasteiger partial charge >= 0.3 is 5.97 Å². The fraction of sp³-hybridized carbons (Fsp3) is 0.200. The molecule has 0 N–H and O–H groups in total. The SMILES string of the molecule is O=C(COC(=O)c1cccc(Oc2ccccc2)c1)c1ccc2c(c1)CCCC2. The summed E-state index contributed by atoms with van der Waals surface area (Å²) in [6.45, 7) is -0.276. The largest absolute Gasteiger partial charge is 0.457 e. The summed E-state index contributed by atoms with van der Waals surface area (Å²) in [7, 11) is 0. The van der Waals surface area contributed by atoms with Gasteiger partial charge in [0.1, 0.15) is 11.5 Å². The summed E-state index contributed by atoms with van der Waals surface area (Å²) in [6, 6.07) is 21.9. The van der Waals surface area contributed by atoms with Crippen molar-refractivity contribution in [1.29, 1.82) is 0 Å². The number of hydrogen-bond donors (Lipinski definition) is 0. The lowest BCUT2D eigenvalue weighted by Gasteiger charge is -2.16. The van der Waals surface area contributed by atoms with Crippen molar-refractivity contribution in [3.8, 4) is 11.5 Å². The van der Waals surface area contributed by atoms with Gasteiger partial charge < -0.3 is 9.47 Å². The Bertz CT molecular complexity index is 1020. The lowest BCUT2D eigenvalue weighted by atomic mass is 9.90. The van der Waals surface area contributed by atoms with E-state index in [2.05, 4.69) is 0 Å². The summed E-state index contributed by atoms with van der Waals surface area (Å²) < 4.78 is 11.0. The Labute approximate surface area is 170 Å². The number of carbonyl (C=O) groups is 2. The maximum absolute atomic E-state index is 12.5. The highest BCUT2D eigenvalue weighted by molar-refractivity contribution is 5.99. The first-order valence-electron chi connectivity index (χ1n) is 9.84. The number of rotatable bonds is 6. The highest BCUT2D eigenvalue weighted by Gasteiger charge is 2.15. The van der Waals surface area contributed by atoms with Gasteiger partial charge in [0, 0.05) is 5.56 Å². The van der Waals surface area contributed by atoms with Crippen molar-refractivity contribution in [2.24, 2.45) is 0 Å². The van der Waals surface area contributed by atoms with Crippen molar-refractivity contribution in [2.45, 2.75) is 25.7 Å². The van der Waals surface area contributed by atoms with Crippen LogP contribution in [0.1, 0.15) is 44.7 Å². The second-order valence-corrected chi connectivity index (χ2v) is 7.13. The molecule has 0 amide bonds. The van der Waals surface area contributed by atoms with E-state index in [9.17, 15) is 9.59 Å². The predicted octanol–water partition coefficient (Wildman–Crippen LogP) is 5.40. The van der Waals surface area contributed by atoms with E-state index in [0.717, 1.165) is 19.3 Å². The molecule has 0 saturated heterocycles. The van der Waals surface area contributed by atoms with Gasteiger partial charge in [-0.3, -0.25) is 4.79 Å². The van der Waals surface area contributed by atoms with Gasteiger partial charge in [0.2, 0.25) is 0 Å². The highest BCUT2D eigenvalue weighted by atomic mass is 16.5. The quantitative estimate of drug-likeness (QED) is 0.421. The lowest BCUT2D eigenvalue weighted by Crippen LogP contribution is -2.15. The average molecular weight is 386 g/mol. The zero-order valence-corrected chi connectivity index (χ0v) is 16.1. The molecule has 0 aromatic heterocycles. The number of benzene rings is 3. The molecular formula is C25H22O4. The molecular weight excluding hydrogens is 364 g/mol. The Morgan fingerprint density at radius 3 is 2.31 bits per heavy atom. The van der Waals surface area contributed by atoms with Crippen LogP contribution in [0.2, 0.25) is 0 Å². The number of para-hydroxylation sites is 1. The van der Waals surface area contributed by atoms with E-state index in [1.54, 1.807) is 24.3 Å². The number of ether oxygens (including phenoxy) is 2. The Morgan fingerprint density at radius 1 is 0.724 bits per heavy atom. The van der Waals surface area contributed by atoms with Crippen LogP contribution in [0.3, 0.4) is 0 Å². The van der Waals surface area contributed by atoms with Crippen LogP contribution in [0, 0.1) is 0 Å². The molecule has 0 aliphatic heterocycles. The third kappa shape index (κ3) is 4.72. The van der Waals surface area contributed by atoms with E-state index in [1.807, 2.05) is 48.5 Å². The molecule has 0 heterocycles. The molecule has 4 nitrogen and oxygen atoms in total. The van der Waals surface area contributed by atoms with Crippen LogP contribution in [0.5, 0.6) is 11.5 Å². The molecule has 0 radical (unpaired) electrons. The van der Waals surface area contributed by atoms with Gasteiger partial charge in [-0.2, -0.15) is 0 Å². The molecule has 1 aliphatic rings. The number of esters is 1. The van der Waals surface area contributed by atoms with Crippen LogP contribution in [-0.4, -0.2) is 18.4 Å². The van der Waals surface area contributed by atoms with Crippen LogP contribution < -0.4 is 4.74 Å². The van der Waals surface area contributed by atoms with E-state index >= 15 is 0 Å². The number of Topliss-reactive ketones (excluding diaryl/α,β-unsaturated/α-hetero) is 1. The van der Waals surface area contributed by atoms with Crippen molar-refractivity contribution in [1.82, 2.24) is 0 Å². The van der Waals surface area contributed by atoms with Gasteiger partial charge in [-0.1, -0.05) is 36.4 Å². The van der Waals surface area contributed by atoms with Gasteiger partial charge in [0.05, 0.1) is 5.56 Å². The molecule has 4 rings (SSSR count). The monoisotopic (exact) mass is 386 g/mol. The predicted molar refractivity (Wildman–Crippen MR) is 111 cm³/mol. The third-order valence-electron chi connectivity index (χ3n) is 5.05. The topological polar surface area (TPSA) is 52.6 Å². The first-order valence-corrected chi connectivity index (χ1v) is 9.84. The number of fused-ring (bicyclic) bond motifs is 1. The minimum absolute atomic E-state index is 0.191. The van der Waals surface area contributed by atoms with Gasteiger partial charge in [-0.05, 0) is 73.2 Å². The second kappa shape index (κ2) is 8.74. The smallest absolute Gasteiger partial charge is 0.338 e. The number of carbonyl (C=O) groups excluding carboxylic acids is 2. The Hall–Kier alpha value is -3.40. The zero-order chi connectivity index (χ0) is 20.1. The fourth-order valence-corrected chi connectivity index (χ4v) is 3.52. The summed E-state index contributed by atoms with van der Waals surface area (Å²) in [6.07, 6.45) is 4.43. The van der Waals surface area contributed by atoms with Crippen molar-refractivity contribution in [2.75, 3.05) is 6.61 Å². The summed E-state index contributed by atoms with van der Waals surface area (Å²) in [5.74, 6) is 0.477. The van der Waals surface area contributed by atoms with Crippen LogP contribution in [0.25, 0.3) is 0 Å². The van der Waals surface area contributed by atoms with Crippen LogP contribution >= 0.6 is 0 Å². The van der Waals surface area contributed by atoms with E-state index in [1.165, 1.54) is 17.5 Å². The van der Waals surface area contributed by atoms with E-state index in [4.69, 9.17) is 9.47 Å². The molecule has 0 saturated carbocycles. The summed E-state index contributed by atoms with van der Waals surface area (Å²) >= 11 is 0. The zero-order valence-electron chi connectivity index (χ0n) is 16.1. The average Bonchev–Trinajstić information content (AvgIpc) is 2.77.